The Morgan fingerprint density at radius 1 is 0.867 bits per heavy atom. The second-order valence-corrected chi connectivity index (χ2v) is 8.13. The summed E-state index contributed by atoms with van der Waals surface area (Å²) in [5, 5.41) is 5.67. The van der Waals surface area contributed by atoms with Gasteiger partial charge >= 0.3 is 10.1 Å². The lowest BCUT2D eigenvalue weighted by Gasteiger charge is -2.12. The summed E-state index contributed by atoms with van der Waals surface area (Å²) in [6.45, 7) is 1.73. The van der Waals surface area contributed by atoms with Gasteiger partial charge < -0.3 is 4.18 Å². The van der Waals surface area contributed by atoms with Crippen LogP contribution in [0.3, 0.4) is 0 Å². The van der Waals surface area contributed by atoms with Crippen LogP contribution < -0.4 is 9.19 Å². The van der Waals surface area contributed by atoms with Crippen LogP contribution in [0.1, 0.15) is 12.5 Å². The third-order valence-corrected chi connectivity index (χ3v) is 5.76. The van der Waals surface area contributed by atoms with Crippen molar-refractivity contribution in [2.24, 2.45) is 5.10 Å². The highest BCUT2D eigenvalue weighted by atomic mass is 32.2. The molecule has 0 bridgehead atoms. The minimum Gasteiger partial charge on any atom is -0.378 e. The zero-order valence-electron chi connectivity index (χ0n) is 16.1. The lowest BCUT2D eigenvalue weighted by molar-refractivity contribution is -0.114. The van der Waals surface area contributed by atoms with Crippen molar-refractivity contribution >= 4 is 33.5 Å². The highest BCUT2D eigenvalue weighted by Gasteiger charge is 2.29. The normalized spacial score (nSPS) is 15.4. The number of nitrogens with zero attached hydrogens (tertiary/aromatic N) is 2. The highest BCUT2D eigenvalue weighted by molar-refractivity contribution is 7.87. The van der Waals surface area contributed by atoms with E-state index in [9.17, 15) is 13.2 Å². The molecule has 0 fully saturated rings. The van der Waals surface area contributed by atoms with Crippen LogP contribution in [0.15, 0.2) is 100 Å². The molecule has 7 heteroatoms. The predicted molar refractivity (Wildman–Crippen MR) is 116 cm³/mol. The number of hydrogen-bond donors (Lipinski definition) is 0. The molecule has 0 spiro atoms. The molecule has 1 aliphatic heterocycles. The number of hydrogen-bond acceptors (Lipinski definition) is 5. The molecule has 3 aromatic carbocycles. The molecule has 4 rings (SSSR count). The molecule has 30 heavy (non-hydrogen) atoms. The Balaban J connectivity index is 1.67. The van der Waals surface area contributed by atoms with E-state index < -0.39 is 10.1 Å². The largest absolute Gasteiger partial charge is 0.378 e. The molecule has 0 saturated heterocycles. The molecule has 1 heterocycles. The molecule has 0 aliphatic carbocycles. The standard InChI is InChI=1S/C23H18N2O4S/c1-17-21(23(26)25(24-17)19-11-4-2-5-12-19)16-18-10-8-9-15-22(18)29-30(27,28)20-13-6-3-7-14-20/h2-16H,1H3/b21-16+. The van der Waals surface area contributed by atoms with Gasteiger partial charge in [0.25, 0.3) is 5.91 Å². The van der Waals surface area contributed by atoms with Crippen molar-refractivity contribution in [2.75, 3.05) is 5.01 Å². The van der Waals surface area contributed by atoms with Gasteiger partial charge in [-0.2, -0.15) is 18.5 Å². The second kappa shape index (κ2) is 7.96. The minimum atomic E-state index is -4.01. The van der Waals surface area contributed by atoms with E-state index in [2.05, 4.69) is 5.10 Å². The van der Waals surface area contributed by atoms with Crippen molar-refractivity contribution in [1.82, 2.24) is 0 Å². The van der Waals surface area contributed by atoms with E-state index in [4.69, 9.17) is 4.18 Å². The summed E-state index contributed by atoms with van der Waals surface area (Å²) in [7, 11) is -4.01. The van der Waals surface area contributed by atoms with Crippen LogP contribution in [0.2, 0.25) is 0 Å². The van der Waals surface area contributed by atoms with Crippen LogP contribution >= 0.6 is 0 Å². The maximum atomic E-state index is 12.9. The second-order valence-electron chi connectivity index (χ2n) is 6.58. The van der Waals surface area contributed by atoms with Crippen molar-refractivity contribution in [3.8, 4) is 5.75 Å². The van der Waals surface area contributed by atoms with E-state index in [1.165, 1.54) is 17.1 Å². The van der Waals surface area contributed by atoms with Gasteiger partial charge in [0.2, 0.25) is 0 Å². The van der Waals surface area contributed by atoms with Gasteiger partial charge in [-0.3, -0.25) is 4.79 Å². The zero-order valence-corrected chi connectivity index (χ0v) is 16.9. The SMILES string of the molecule is CC1=NN(c2ccccc2)C(=O)/C1=C/c1ccccc1OS(=O)(=O)c1ccccc1. The van der Waals surface area contributed by atoms with E-state index in [0.717, 1.165) is 0 Å². The van der Waals surface area contributed by atoms with Crippen LogP contribution in [-0.2, 0) is 14.9 Å². The van der Waals surface area contributed by atoms with Crippen molar-refractivity contribution in [3.05, 3.63) is 96.1 Å². The van der Waals surface area contributed by atoms with Crippen molar-refractivity contribution in [3.63, 3.8) is 0 Å². The van der Waals surface area contributed by atoms with Gasteiger partial charge in [0.15, 0.2) is 0 Å². The van der Waals surface area contributed by atoms with Crippen molar-refractivity contribution < 1.29 is 17.4 Å². The fourth-order valence-corrected chi connectivity index (χ4v) is 3.99. The summed E-state index contributed by atoms with van der Waals surface area (Å²) >= 11 is 0. The molecule has 3 aromatic rings. The lowest BCUT2D eigenvalue weighted by Crippen LogP contribution is -2.21. The fraction of sp³-hybridized carbons (Fsp3) is 0.0435. The van der Waals surface area contributed by atoms with Crippen LogP contribution in [0, 0.1) is 0 Å². The van der Waals surface area contributed by atoms with Gasteiger partial charge in [0, 0.05) is 5.56 Å². The van der Waals surface area contributed by atoms with Crippen LogP contribution in [0.25, 0.3) is 6.08 Å². The lowest BCUT2D eigenvalue weighted by atomic mass is 10.1. The first-order valence-corrected chi connectivity index (χ1v) is 10.6. The minimum absolute atomic E-state index is 0.0531. The molecular formula is C23H18N2O4S. The first kappa shape index (κ1) is 19.6. The molecular weight excluding hydrogens is 400 g/mol. The summed E-state index contributed by atoms with van der Waals surface area (Å²) in [4.78, 5) is 13.0. The summed E-state index contributed by atoms with van der Waals surface area (Å²) in [6.07, 6.45) is 1.60. The average Bonchev–Trinajstić information content (AvgIpc) is 3.04. The summed E-state index contributed by atoms with van der Waals surface area (Å²) < 4.78 is 30.6. The maximum Gasteiger partial charge on any atom is 0.339 e. The number of carbonyl (C=O) groups excluding carboxylic acids is 1. The average molecular weight is 418 g/mol. The van der Waals surface area contributed by atoms with Crippen LogP contribution in [-0.4, -0.2) is 20.0 Å². The topological polar surface area (TPSA) is 76.0 Å². The Morgan fingerprint density at radius 2 is 1.47 bits per heavy atom. The van der Waals surface area contributed by atoms with Gasteiger partial charge in [0.1, 0.15) is 10.6 Å². The molecule has 1 amide bonds. The van der Waals surface area contributed by atoms with E-state index in [0.29, 0.717) is 22.5 Å². The molecule has 0 atom stereocenters. The maximum absolute atomic E-state index is 12.9. The Bertz CT molecular complexity index is 1250. The smallest absolute Gasteiger partial charge is 0.339 e. The molecule has 0 unspecified atom stereocenters. The first-order valence-electron chi connectivity index (χ1n) is 9.21. The number of amides is 1. The number of para-hydroxylation sites is 2. The number of carbonyl (C=O) groups is 1. The third-order valence-electron chi connectivity index (χ3n) is 4.51. The molecule has 6 nitrogen and oxygen atoms in total. The zero-order chi connectivity index (χ0) is 21.1. The summed E-state index contributed by atoms with van der Waals surface area (Å²) in [6, 6.07) is 23.7. The van der Waals surface area contributed by atoms with E-state index in [1.54, 1.807) is 67.6 Å². The molecule has 0 N–H and O–H groups in total. The Kier molecular flexibility index (Phi) is 5.20. The number of anilines is 1. The quantitative estimate of drug-likeness (QED) is 0.458. The van der Waals surface area contributed by atoms with Crippen molar-refractivity contribution in [1.29, 1.82) is 0 Å². The van der Waals surface area contributed by atoms with E-state index >= 15 is 0 Å². The van der Waals surface area contributed by atoms with Gasteiger partial charge in [-0.1, -0.05) is 54.6 Å². The Labute approximate surface area is 174 Å². The third kappa shape index (κ3) is 3.88. The summed E-state index contributed by atoms with van der Waals surface area (Å²) in [5.41, 5.74) is 2.02. The number of hydrazone groups is 1. The molecule has 150 valence electrons. The van der Waals surface area contributed by atoms with Crippen LogP contribution in [0.5, 0.6) is 5.75 Å². The van der Waals surface area contributed by atoms with Gasteiger partial charge in [-0.25, -0.2) is 0 Å². The van der Waals surface area contributed by atoms with Gasteiger partial charge in [0.05, 0.1) is 17.0 Å². The molecule has 1 aliphatic rings. The summed E-state index contributed by atoms with van der Waals surface area (Å²) in [5.74, 6) is -0.160. The number of benzene rings is 3. The van der Waals surface area contributed by atoms with Crippen molar-refractivity contribution in [2.45, 2.75) is 11.8 Å². The molecule has 0 saturated carbocycles. The van der Waals surface area contributed by atoms with Gasteiger partial charge in [-0.05, 0) is 43.3 Å². The fourth-order valence-electron chi connectivity index (χ4n) is 3.01. The Hall–Kier alpha value is -3.71. The molecule has 0 radical (unpaired) electrons. The van der Waals surface area contributed by atoms with Crippen LogP contribution in [0.4, 0.5) is 5.69 Å². The molecule has 0 aromatic heterocycles. The van der Waals surface area contributed by atoms with E-state index in [1.807, 2.05) is 18.2 Å². The number of rotatable bonds is 5. The van der Waals surface area contributed by atoms with Gasteiger partial charge in [-0.15, -0.1) is 0 Å². The monoisotopic (exact) mass is 418 g/mol. The van der Waals surface area contributed by atoms with E-state index in [-0.39, 0.29) is 16.6 Å². The Morgan fingerprint density at radius 3 is 2.17 bits per heavy atom. The highest BCUT2D eigenvalue weighted by Crippen LogP contribution is 2.29. The first-order chi connectivity index (χ1) is 14.5. The predicted octanol–water partition coefficient (Wildman–Crippen LogP) is 4.26.